The number of hydrogen-bond acceptors (Lipinski definition) is 4. The molecule has 1 saturated carbocycles. The van der Waals surface area contributed by atoms with E-state index >= 15 is 0 Å². The number of carboxylic acid groups (broad SMARTS) is 1. The molecule has 7 nitrogen and oxygen atoms in total. The van der Waals surface area contributed by atoms with Gasteiger partial charge >= 0.3 is 12.1 Å². The van der Waals surface area contributed by atoms with E-state index in [-0.39, 0.29) is 42.7 Å². The Balaban J connectivity index is 1.15. The number of benzene rings is 2. The van der Waals surface area contributed by atoms with Crippen LogP contribution in [0.2, 0.25) is 0 Å². The predicted molar refractivity (Wildman–Crippen MR) is 126 cm³/mol. The summed E-state index contributed by atoms with van der Waals surface area (Å²) >= 11 is 0. The van der Waals surface area contributed by atoms with Crippen molar-refractivity contribution in [3.05, 3.63) is 59.7 Å². The van der Waals surface area contributed by atoms with E-state index < -0.39 is 12.1 Å². The number of likely N-dealkylation sites (tertiary alicyclic amines) is 1. The molecule has 0 unspecified atom stereocenters. The molecule has 1 heterocycles. The van der Waals surface area contributed by atoms with Gasteiger partial charge in [0.15, 0.2) is 0 Å². The standard InChI is InChI=1S/C27H30N2O5/c30-25(31)13-12-17-14-29(15-17)26(32)22-10-5-11-24(22)28-27(33)34-16-23-20-8-3-1-6-18(20)19-7-2-4-9-21(19)23/h1-4,6-9,17,22-24H,5,10-16H2,(H,28,33)(H,30,31)/t22-,24+/m0/s1. The fraction of sp³-hybridized carbons (Fsp3) is 0.444. The lowest BCUT2D eigenvalue weighted by atomic mass is 9.91. The fourth-order valence-corrected chi connectivity index (χ4v) is 5.71. The van der Waals surface area contributed by atoms with Crippen molar-refractivity contribution in [3.63, 3.8) is 0 Å². The van der Waals surface area contributed by atoms with Crippen LogP contribution in [-0.2, 0) is 14.3 Å². The Bertz CT molecular complexity index is 1050. The highest BCUT2D eigenvalue weighted by atomic mass is 16.5. The minimum Gasteiger partial charge on any atom is -0.481 e. The molecule has 2 aliphatic carbocycles. The molecule has 34 heavy (non-hydrogen) atoms. The van der Waals surface area contributed by atoms with E-state index in [9.17, 15) is 14.4 Å². The van der Waals surface area contributed by atoms with Crippen LogP contribution in [0.1, 0.15) is 49.1 Å². The summed E-state index contributed by atoms with van der Waals surface area (Å²) in [4.78, 5) is 38.2. The number of fused-ring (bicyclic) bond motifs is 3. The molecule has 2 amide bonds. The highest BCUT2D eigenvalue weighted by Crippen LogP contribution is 2.44. The van der Waals surface area contributed by atoms with E-state index in [1.807, 2.05) is 24.3 Å². The smallest absolute Gasteiger partial charge is 0.407 e. The molecule has 2 atom stereocenters. The second-order valence-electron chi connectivity index (χ2n) is 9.66. The zero-order valence-electron chi connectivity index (χ0n) is 19.1. The van der Waals surface area contributed by atoms with Gasteiger partial charge in [0.05, 0.1) is 5.92 Å². The van der Waals surface area contributed by atoms with Crippen LogP contribution in [-0.4, -0.2) is 53.7 Å². The van der Waals surface area contributed by atoms with Crippen molar-refractivity contribution in [1.82, 2.24) is 10.2 Å². The molecule has 2 N–H and O–H groups in total. The zero-order chi connectivity index (χ0) is 23.7. The summed E-state index contributed by atoms with van der Waals surface area (Å²) in [6.07, 6.45) is 2.67. The highest BCUT2D eigenvalue weighted by Gasteiger charge is 2.41. The van der Waals surface area contributed by atoms with Gasteiger partial charge in [-0.05, 0) is 47.4 Å². The molecule has 2 aromatic carbocycles. The predicted octanol–water partition coefficient (Wildman–Crippen LogP) is 4.02. The molecular weight excluding hydrogens is 432 g/mol. The Hall–Kier alpha value is -3.35. The van der Waals surface area contributed by atoms with E-state index in [1.165, 1.54) is 22.3 Å². The maximum Gasteiger partial charge on any atom is 0.407 e. The topological polar surface area (TPSA) is 95.9 Å². The van der Waals surface area contributed by atoms with Crippen molar-refractivity contribution in [2.24, 2.45) is 11.8 Å². The molecule has 2 aromatic rings. The molecule has 2 fully saturated rings. The summed E-state index contributed by atoms with van der Waals surface area (Å²) in [6, 6.07) is 16.2. The average molecular weight is 463 g/mol. The van der Waals surface area contributed by atoms with Gasteiger partial charge in [-0.1, -0.05) is 55.0 Å². The lowest BCUT2D eigenvalue weighted by Gasteiger charge is -2.41. The largest absolute Gasteiger partial charge is 0.481 e. The third-order valence-corrected chi connectivity index (χ3v) is 7.52. The first-order valence-corrected chi connectivity index (χ1v) is 12.1. The van der Waals surface area contributed by atoms with E-state index in [1.54, 1.807) is 4.90 Å². The maximum atomic E-state index is 13.0. The Kier molecular flexibility index (Phi) is 6.26. The number of aliphatic carboxylic acids is 1. The third-order valence-electron chi connectivity index (χ3n) is 7.52. The lowest BCUT2D eigenvalue weighted by Crippen LogP contribution is -2.54. The molecule has 7 heteroatoms. The van der Waals surface area contributed by atoms with Crippen LogP contribution in [0.5, 0.6) is 0 Å². The van der Waals surface area contributed by atoms with Crippen LogP contribution in [0.15, 0.2) is 48.5 Å². The number of amides is 2. The van der Waals surface area contributed by atoms with Gasteiger partial charge in [0, 0.05) is 31.5 Å². The van der Waals surface area contributed by atoms with Gasteiger partial charge in [-0.3, -0.25) is 9.59 Å². The van der Waals surface area contributed by atoms with Crippen LogP contribution in [0.3, 0.4) is 0 Å². The normalized spacial score (nSPS) is 21.5. The van der Waals surface area contributed by atoms with Crippen molar-refractivity contribution in [3.8, 4) is 11.1 Å². The summed E-state index contributed by atoms with van der Waals surface area (Å²) in [7, 11) is 0. The minimum absolute atomic E-state index is 0.00276. The SMILES string of the molecule is O=C(O)CCC1CN(C(=O)[C@H]2CCC[C@H]2NC(=O)OCC2c3ccccc3-c3ccccc32)C1. The summed E-state index contributed by atoms with van der Waals surface area (Å²) in [6.45, 7) is 1.48. The quantitative estimate of drug-likeness (QED) is 0.648. The summed E-state index contributed by atoms with van der Waals surface area (Å²) in [5.74, 6) is -0.708. The van der Waals surface area contributed by atoms with Crippen LogP contribution >= 0.6 is 0 Å². The molecule has 0 aromatic heterocycles. The van der Waals surface area contributed by atoms with Crippen molar-refractivity contribution < 1.29 is 24.2 Å². The van der Waals surface area contributed by atoms with Gasteiger partial charge in [-0.25, -0.2) is 4.79 Å². The molecule has 3 aliphatic rings. The second-order valence-corrected chi connectivity index (χ2v) is 9.66. The number of carboxylic acids is 1. The monoisotopic (exact) mass is 462 g/mol. The number of rotatable bonds is 7. The minimum atomic E-state index is -0.798. The number of alkyl carbamates (subject to hydrolysis) is 1. The molecule has 1 saturated heterocycles. The molecule has 0 spiro atoms. The number of hydrogen-bond donors (Lipinski definition) is 2. The van der Waals surface area contributed by atoms with Gasteiger partial charge in [0.25, 0.3) is 0 Å². The molecule has 5 rings (SSSR count). The van der Waals surface area contributed by atoms with Gasteiger partial charge < -0.3 is 20.1 Å². The Morgan fingerprint density at radius 3 is 2.26 bits per heavy atom. The number of carbonyl (C=O) groups is 3. The van der Waals surface area contributed by atoms with Crippen LogP contribution in [0.4, 0.5) is 4.79 Å². The van der Waals surface area contributed by atoms with E-state index in [0.717, 1.165) is 19.3 Å². The Morgan fingerprint density at radius 1 is 0.971 bits per heavy atom. The zero-order valence-corrected chi connectivity index (χ0v) is 19.1. The van der Waals surface area contributed by atoms with Gasteiger partial charge in [0.1, 0.15) is 6.61 Å². The maximum absolute atomic E-state index is 13.0. The first kappa shape index (κ1) is 22.4. The number of carbonyl (C=O) groups excluding carboxylic acids is 2. The molecule has 0 bridgehead atoms. The first-order valence-electron chi connectivity index (χ1n) is 12.1. The Morgan fingerprint density at radius 2 is 1.62 bits per heavy atom. The number of nitrogens with zero attached hydrogens (tertiary/aromatic N) is 1. The van der Waals surface area contributed by atoms with Gasteiger partial charge in [-0.2, -0.15) is 0 Å². The van der Waals surface area contributed by atoms with Crippen molar-refractivity contribution in [2.45, 2.75) is 44.1 Å². The van der Waals surface area contributed by atoms with E-state index in [0.29, 0.717) is 19.5 Å². The third kappa shape index (κ3) is 4.39. The molecule has 1 aliphatic heterocycles. The fourth-order valence-electron chi connectivity index (χ4n) is 5.71. The van der Waals surface area contributed by atoms with Crippen LogP contribution in [0, 0.1) is 11.8 Å². The average Bonchev–Trinajstić information content (AvgIpc) is 3.39. The van der Waals surface area contributed by atoms with Crippen LogP contribution < -0.4 is 5.32 Å². The molecule has 178 valence electrons. The second kappa shape index (κ2) is 9.49. The summed E-state index contributed by atoms with van der Waals surface area (Å²) in [5.41, 5.74) is 4.70. The number of ether oxygens (including phenoxy) is 1. The summed E-state index contributed by atoms with van der Waals surface area (Å²) in [5, 5.41) is 11.8. The van der Waals surface area contributed by atoms with E-state index in [2.05, 4.69) is 29.6 Å². The number of nitrogens with one attached hydrogen (secondary N) is 1. The van der Waals surface area contributed by atoms with Crippen LogP contribution in [0.25, 0.3) is 11.1 Å². The highest BCUT2D eigenvalue weighted by molar-refractivity contribution is 5.82. The lowest BCUT2D eigenvalue weighted by molar-refractivity contribution is -0.143. The molecule has 0 radical (unpaired) electrons. The Labute approximate surface area is 199 Å². The van der Waals surface area contributed by atoms with E-state index in [4.69, 9.17) is 9.84 Å². The first-order chi connectivity index (χ1) is 16.5. The van der Waals surface area contributed by atoms with Crippen molar-refractivity contribution in [1.29, 1.82) is 0 Å². The van der Waals surface area contributed by atoms with Crippen molar-refractivity contribution >= 4 is 18.0 Å². The summed E-state index contributed by atoms with van der Waals surface area (Å²) < 4.78 is 5.67. The van der Waals surface area contributed by atoms with Crippen molar-refractivity contribution in [2.75, 3.05) is 19.7 Å². The van der Waals surface area contributed by atoms with Gasteiger partial charge in [0.2, 0.25) is 5.91 Å². The molecular formula is C27H30N2O5. The van der Waals surface area contributed by atoms with Gasteiger partial charge in [-0.15, -0.1) is 0 Å².